The smallest absolute Gasteiger partial charge is 0.224 e. The number of likely N-dealkylation sites (tertiary alicyclic amines) is 1. The van der Waals surface area contributed by atoms with Crippen LogP contribution in [0.1, 0.15) is 39.0 Å². The van der Waals surface area contributed by atoms with Gasteiger partial charge < -0.3 is 10.6 Å². The highest BCUT2D eigenvalue weighted by molar-refractivity contribution is 5.77. The third kappa shape index (κ3) is 3.35. The molecule has 3 nitrogen and oxygen atoms in total. The number of carbonyl (C=O) groups excluding carboxylic acids is 1. The molecule has 1 saturated heterocycles. The molecule has 1 rings (SSSR count). The summed E-state index contributed by atoms with van der Waals surface area (Å²) in [4.78, 5) is 13.5. The molecular formula is C10H20N2O. The van der Waals surface area contributed by atoms with Crippen molar-refractivity contribution in [3.05, 3.63) is 0 Å². The first-order valence-corrected chi connectivity index (χ1v) is 5.27. The van der Waals surface area contributed by atoms with Gasteiger partial charge in [-0.1, -0.05) is 13.3 Å². The Hall–Kier alpha value is -0.570. The van der Waals surface area contributed by atoms with E-state index in [9.17, 15) is 4.79 Å². The van der Waals surface area contributed by atoms with Gasteiger partial charge >= 0.3 is 0 Å². The zero-order chi connectivity index (χ0) is 9.68. The zero-order valence-electron chi connectivity index (χ0n) is 8.46. The van der Waals surface area contributed by atoms with Gasteiger partial charge in [0, 0.05) is 25.6 Å². The monoisotopic (exact) mass is 184 g/mol. The Morgan fingerprint density at radius 3 is 2.62 bits per heavy atom. The van der Waals surface area contributed by atoms with E-state index in [0.717, 1.165) is 38.8 Å². The van der Waals surface area contributed by atoms with Gasteiger partial charge in [0.05, 0.1) is 0 Å². The minimum Gasteiger partial charge on any atom is -0.343 e. The Kier molecular flexibility index (Phi) is 4.22. The van der Waals surface area contributed by atoms with Crippen molar-refractivity contribution in [3.8, 4) is 0 Å². The van der Waals surface area contributed by atoms with Gasteiger partial charge in [-0.05, 0) is 19.3 Å². The van der Waals surface area contributed by atoms with Gasteiger partial charge in [0.25, 0.3) is 0 Å². The Balaban J connectivity index is 2.23. The Morgan fingerprint density at radius 2 is 2.08 bits per heavy atom. The molecular weight excluding hydrogens is 164 g/mol. The van der Waals surface area contributed by atoms with Crippen LogP contribution in [0.2, 0.25) is 0 Å². The number of carbonyl (C=O) groups is 1. The van der Waals surface area contributed by atoms with Gasteiger partial charge in [-0.15, -0.1) is 0 Å². The van der Waals surface area contributed by atoms with Crippen molar-refractivity contribution in [1.82, 2.24) is 4.90 Å². The third-order valence-corrected chi connectivity index (χ3v) is 2.56. The molecule has 13 heavy (non-hydrogen) atoms. The number of nitrogens with zero attached hydrogens (tertiary/aromatic N) is 1. The Labute approximate surface area is 80.3 Å². The molecule has 0 aromatic carbocycles. The van der Waals surface area contributed by atoms with Crippen molar-refractivity contribution in [2.24, 2.45) is 5.73 Å². The standard InChI is InChI=1S/C10H20N2O/c1-2-5-9(11)8-10(13)12-6-3-4-7-12/h9H,2-8,11H2,1H3. The molecule has 0 bridgehead atoms. The predicted molar refractivity (Wildman–Crippen MR) is 53.3 cm³/mol. The van der Waals surface area contributed by atoms with Gasteiger partial charge in [-0.3, -0.25) is 4.79 Å². The van der Waals surface area contributed by atoms with E-state index < -0.39 is 0 Å². The number of nitrogens with two attached hydrogens (primary N) is 1. The van der Waals surface area contributed by atoms with Crippen LogP contribution in [0.4, 0.5) is 0 Å². The lowest BCUT2D eigenvalue weighted by Crippen LogP contribution is -2.33. The molecule has 1 heterocycles. The van der Waals surface area contributed by atoms with Gasteiger partial charge in [0.1, 0.15) is 0 Å². The fraction of sp³-hybridized carbons (Fsp3) is 0.900. The summed E-state index contributed by atoms with van der Waals surface area (Å²) in [5.41, 5.74) is 5.81. The van der Waals surface area contributed by atoms with Crippen molar-refractivity contribution in [1.29, 1.82) is 0 Å². The second-order valence-electron chi connectivity index (χ2n) is 3.84. The zero-order valence-corrected chi connectivity index (χ0v) is 8.46. The van der Waals surface area contributed by atoms with Crippen molar-refractivity contribution in [2.75, 3.05) is 13.1 Å². The molecule has 1 unspecified atom stereocenters. The Bertz CT molecular complexity index is 164. The number of hydrogen-bond acceptors (Lipinski definition) is 2. The van der Waals surface area contributed by atoms with Crippen LogP contribution in [0.25, 0.3) is 0 Å². The van der Waals surface area contributed by atoms with E-state index in [2.05, 4.69) is 6.92 Å². The molecule has 1 amide bonds. The third-order valence-electron chi connectivity index (χ3n) is 2.56. The van der Waals surface area contributed by atoms with Crippen LogP contribution < -0.4 is 5.73 Å². The van der Waals surface area contributed by atoms with Crippen molar-refractivity contribution in [2.45, 2.75) is 45.1 Å². The van der Waals surface area contributed by atoms with E-state index in [1.807, 2.05) is 4.90 Å². The molecule has 3 heteroatoms. The molecule has 1 aliphatic heterocycles. The molecule has 0 aromatic heterocycles. The summed E-state index contributed by atoms with van der Waals surface area (Å²) in [6.07, 6.45) is 4.88. The molecule has 2 N–H and O–H groups in total. The van der Waals surface area contributed by atoms with Gasteiger partial charge in [0.2, 0.25) is 5.91 Å². The quantitative estimate of drug-likeness (QED) is 0.712. The lowest BCUT2D eigenvalue weighted by Gasteiger charge is -2.17. The summed E-state index contributed by atoms with van der Waals surface area (Å²) in [6, 6.07) is 0.0677. The molecule has 0 radical (unpaired) electrons. The second-order valence-corrected chi connectivity index (χ2v) is 3.84. The molecule has 0 aliphatic carbocycles. The van der Waals surface area contributed by atoms with E-state index in [4.69, 9.17) is 5.73 Å². The van der Waals surface area contributed by atoms with E-state index in [-0.39, 0.29) is 11.9 Å². The fourth-order valence-corrected chi connectivity index (χ4v) is 1.79. The molecule has 0 aromatic rings. The van der Waals surface area contributed by atoms with Gasteiger partial charge in [-0.2, -0.15) is 0 Å². The number of hydrogen-bond donors (Lipinski definition) is 1. The maximum Gasteiger partial charge on any atom is 0.224 e. The minimum atomic E-state index is 0.0677. The van der Waals surface area contributed by atoms with Crippen LogP contribution in [-0.4, -0.2) is 29.9 Å². The highest BCUT2D eigenvalue weighted by Gasteiger charge is 2.19. The highest BCUT2D eigenvalue weighted by atomic mass is 16.2. The molecule has 1 atom stereocenters. The molecule has 0 saturated carbocycles. The lowest BCUT2D eigenvalue weighted by atomic mass is 10.1. The first-order valence-electron chi connectivity index (χ1n) is 5.27. The summed E-state index contributed by atoms with van der Waals surface area (Å²) < 4.78 is 0. The minimum absolute atomic E-state index is 0.0677. The highest BCUT2D eigenvalue weighted by Crippen LogP contribution is 2.10. The average molecular weight is 184 g/mol. The van der Waals surface area contributed by atoms with Crippen molar-refractivity contribution in [3.63, 3.8) is 0 Å². The number of rotatable bonds is 4. The molecule has 1 fully saturated rings. The Morgan fingerprint density at radius 1 is 1.46 bits per heavy atom. The second kappa shape index (κ2) is 5.22. The normalized spacial score (nSPS) is 19.1. The topological polar surface area (TPSA) is 46.3 Å². The number of amides is 1. The summed E-state index contributed by atoms with van der Waals surface area (Å²) >= 11 is 0. The predicted octanol–water partition coefficient (Wildman–Crippen LogP) is 1.13. The fourth-order valence-electron chi connectivity index (χ4n) is 1.79. The van der Waals surface area contributed by atoms with Gasteiger partial charge in [0.15, 0.2) is 0 Å². The van der Waals surface area contributed by atoms with E-state index in [1.165, 1.54) is 0 Å². The molecule has 76 valence electrons. The van der Waals surface area contributed by atoms with Crippen LogP contribution in [-0.2, 0) is 4.79 Å². The van der Waals surface area contributed by atoms with E-state index in [1.54, 1.807) is 0 Å². The maximum atomic E-state index is 11.6. The molecule has 0 spiro atoms. The molecule has 1 aliphatic rings. The summed E-state index contributed by atoms with van der Waals surface area (Å²) in [6.45, 7) is 3.98. The van der Waals surface area contributed by atoms with E-state index in [0.29, 0.717) is 6.42 Å². The summed E-state index contributed by atoms with van der Waals surface area (Å²) in [5.74, 6) is 0.249. The van der Waals surface area contributed by atoms with Crippen LogP contribution >= 0.6 is 0 Å². The SMILES string of the molecule is CCCC(N)CC(=O)N1CCCC1. The lowest BCUT2D eigenvalue weighted by molar-refractivity contribution is -0.130. The summed E-state index contributed by atoms with van der Waals surface area (Å²) in [7, 11) is 0. The van der Waals surface area contributed by atoms with Crippen LogP contribution in [0.5, 0.6) is 0 Å². The van der Waals surface area contributed by atoms with Crippen molar-refractivity contribution >= 4 is 5.91 Å². The summed E-state index contributed by atoms with van der Waals surface area (Å²) in [5, 5.41) is 0. The average Bonchev–Trinajstić information content (AvgIpc) is 2.55. The van der Waals surface area contributed by atoms with E-state index >= 15 is 0 Å². The van der Waals surface area contributed by atoms with Crippen molar-refractivity contribution < 1.29 is 4.79 Å². The van der Waals surface area contributed by atoms with Crippen LogP contribution in [0.3, 0.4) is 0 Å². The van der Waals surface area contributed by atoms with Gasteiger partial charge in [-0.25, -0.2) is 0 Å². The largest absolute Gasteiger partial charge is 0.343 e. The first kappa shape index (κ1) is 10.5. The first-order chi connectivity index (χ1) is 6.24. The maximum absolute atomic E-state index is 11.6. The van der Waals surface area contributed by atoms with Crippen LogP contribution in [0.15, 0.2) is 0 Å². The van der Waals surface area contributed by atoms with Crippen LogP contribution in [0, 0.1) is 0 Å².